The number of hydrogen-bond donors (Lipinski definition) is 2. The van der Waals surface area contributed by atoms with Gasteiger partial charge in [-0.3, -0.25) is 0 Å². The molecule has 11 heavy (non-hydrogen) atoms. The van der Waals surface area contributed by atoms with E-state index in [4.69, 9.17) is 11.1 Å². The summed E-state index contributed by atoms with van der Waals surface area (Å²) in [7, 11) is 0. The third-order valence-corrected chi connectivity index (χ3v) is 1.93. The zero-order valence-electron chi connectivity index (χ0n) is 5.57. The van der Waals surface area contributed by atoms with Gasteiger partial charge in [0.25, 0.3) is 0 Å². The van der Waals surface area contributed by atoms with E-state index in [-0.39, 0.29) is 5.69 Å². The van der Waals surface area contributed by atoms with Crippen molar-refractivity contribution in [1.82, 2.24) is 0 Å². The van der Waals surface area contributed by atoms with E-state index in [2.05, 4.69) is 15.9 Å². The van der Waals surface area contributed by atoms with Gasteiger partial charge >= 0.3 is 0 Å². The quantitative estimate of drug-likeness (QED) is 0.549. The van der Waals surface area contributed by atoms with E-state index in [0.29, 0.717) is 10.0 Å². The Hall–Kier alpha value is -0.900. The maximum Gasteiger partial charge on any atom is 0.160 e. The minimum Gasteiger partial charge on any atom is -0.396 e. The van der Waals surface area contributed by atoms with Crippen LogP contribution in [0, 0.1) is 11.2 Å². The van der Waals surface area contributed by atoms with Crippen LogP contribution < -0.4 is 5.73 Å². The zero-order chi connectivity index (χ0) is 8.43. The lowest BCUT2D eigenvalue weighted by molar-refractivity contribution is 0.626. The largest absolute Gasteiger partial charge is 0.396 e. The Morgan fingerprint density at radius 3 is 2.73 bits per heavy atom. The van der Waals surface area contributed by atoms with E-state index in [1.54, 1.807) is 6.07 Å². The van der Waals surface area contributed by atoms with Gasteiger partial charge in [0.15, 0.2) is 5.82 Å². The molecule has 1 aromatic carbocycles. The Bertz CT molecular complexity index is 299. The molecular weight excluding hydrogens is 211 g/mol. The summed E-state index contributed by atoms with van der Waals surface area (Å²) in [5, 5.41) is 6.86. The first-order chi connectivity index (χ1) is 5.16. The fourth-order valence-electron chi connectivity index (χ4n) is 0.707. The average molecular weight is 217 g/mol. The highest BCUT2D eigenvalue weighted by Crippen LogP contribution is 2.22. The number of halogens is 2. The van der Waals surface area contributed by atoms with Crippen molar-refractivity contribution in [2.24, 2.45) is 0 Å². The Morgan fingerprint density at radius 2 is 2.18 bits per heavy atom. The number of anilines is 1. The molecule has 0 fully saturated rings. The summed E-state index contributed by atoms with van der Waals surface area (Å²) in [6, 6.07) is 3.10. The van der Waals surface area contributed by atoms with Gasteiger partial charge in [-0.15, -0.1) is 0 Å². The lowest BCUT2D eigenvalue weighted by Gasteiger charge is -2.01. The van der Waals surface area contributed by atoms with Crippen molar-refractivity contribution < 1.29 is 4.39 Å². The predicted octanol–water partition coefficient (Wildman–Crippen LogP) is 2.17. The molecule has 0 amide bonds. The van der Waals surface area contributed by atoms with Crippen molar-refractivity contribution >= 4 is 27.8 Å². The number of nitrogen functional groups attached to an aromatic ring is 1. The molecule has 4 heteroatoms. The highest BCUT2D eigenvalue weighted by atomic mass is 79.9. The molecule has 0 bridgehead atoms. The Morgan fingerprint density at radius 1 is 1.55 bits per heavy atom. The highest BCUT2D eigenvalue weighted by Gasteiger charge is 2.05. The van der Waals surface area contributed by atoms with E-state index in [1.807, 2.05) is 0 Å². The van der Waals surface area contributed by atoms with Gasteiger partial charge in [0.1, 0.15) is 0 Å². The molecule has 1 aromatic rings. The first-order valence-electron chi connectivity index (χ1n) is 2.90. The van der Waals surface area contributed by atoms with Crippen LogP contribution in [-0.2, 0) is 0 Å². The molecule has 0 saturated carbocycles. The molecule has 0 unspecified atom stereocenters. The number of rotatable bonds is 1. The van der Waals surface area contributed by atoms with Crippen LogP contribution in [-0.4, -0.2) is 6.21 Å². The number of hydrogen-bond acceptors (Lipinski definition) is 2. The van der Waals surface area contributed by atoms with Crippen LogP contribution in [0.3, 0.4) is 0 Å². The van der Waals surface area contributed by atoms with Gasteiger partial charge in [-0.25, -0.2) is 4.39 Å². The van der Waals surface area contributed by atoms with Gasteiger partial charge in [0.2, 0.25) is 0 Å². The zero-order valence-corrected chi connectivity index (χ0v) is 7.15. The molecular formula is C7H6BrFN2. The van der Waals surface area contributed by atoms with Crippen molar-refractivity contribution in [2.45, 2.75) is 0 Å². The van der Waals surface area contributed by atoms with Gasteiger partial charge in [-0.1, -0.05) is 6.07 Å². The topological polar surface area (TPSA) is 49.9 Å². The second-order valence-electron chi connectivity index (χ2n) is 2.01. The minimum atomic E-state index is -0.508. The molecule has 0 spiro atoms. The van der Waals surface area contributed by atoms with Crippen LogP contribution in [0.2, 0.25) is 0 Å². The SMILES string of the molecule is N=Cc1ccc(Br)c(F)c1N. The molecule has 0 heterocycles. The summed E-state index contributed by atoms with van der Waals surface area (Å²) in [6.07, 6.45) is 1.02. The Kier molecular flexibility index (Phi) is 2.24. The molecule has 0 aliphatic heterocycles. The summed E-state index contributed by atoms with van der Waals surface area (Å²) in [6.45, 7) is 0. The van der Waals surface area contributed by atoms with Crippen molar-refractivity contribution in [2.75, 3.05) is 5.73 Å². The summed E-state index contributed by atoms with van der Waals surface area (Å²) >= 11 is 2.98. The first kappa shape index (κ1) is 8.20. The van der Waals surface area contributed by atoms with Crippen LogP contribution in [0.25, 0.3) is 0 Å². The summed E-state index contributed by atoms with van der Waals surface area (Å²) in [5.41, 5.74) is 5.74. The molecule has 58 valence electrons. The first-order valence-corrected chi connectivity index (χ1v) is 3.70. The summed E-state index contributed by atoms with van der Waals surface area (Å²) in [5.74, 6) is -0.508. The van der Waals surface area contributed by atoms with E-state index in [1.165, 1.54) is 6.07 Å². The van der Waals surface area contributed by atoms with E-state index in [0.717, 1.165) is 6.21 Å². The smallest absolute Gasteiger partial charge is 0.160 e. The molecule has 0 atom stereocenters. The van der Waals surface area contributed by atoms with Crippen molar-refractivity contribution in [3.63, 3.8) is 0 Å². The van der Waals surface area contributed by atoms with Gasteiger partial charge in [-0.2, -0.15) is 0 Å². The van der Waals surface area contributed by atoms with Crippen molar-refractivity contribution in [3.8, 4) is 0 Å². The normalized spacial score (nSPS) is 9.64. The summed E-state index contributed by atoms with van der Waals surface area (Å²) in [4.78, 5) is 0. The number of benzene rings is 1. The fourth-order valence-corrected chi connectivity index (χ4v) is 1.05. The van der Waals surface area contributed by atoms with Crippen LogP contribution in [0.4, 0.5) is 10.1 Å². The van der Waals surface area contributed by atoms with Gasteiger partial charge < -0.3 is 11.1 Å². The molecule has 0 radical (unpaired) electrons. The third-order valence-electron chi connectivity index (χ3n) is 1.32. The Labute approximate surface area is 71.9 Å². The van der Waals surface area contributed by atoms with E-state index < -0.39 is 5.82 Å². The molecule has 0 aromatic heterocycles. The molecule has 1 rings (SSSR count). The average Bonchev–Trinajstić information content (AvgIpc) is 2.01. The molecule has 2 nitrogen and oxygen atoms in total. The van der Waals surface area contributed by atoms with Gasteiger partial charge in [-0.05, 0) is 22.0 Å². The predicted molar refractivity (Wildman–Crippen MR) is 46.4 cm³/mol. The third kappa shape index (κ3) is 1.40. The van der Waals surface area contributed by atoms with Gasteiger partial charge in [0.05, 0.1) is 10.2 Å². The maximum absolute atomic E-state index is 12.9. The maximum atomic E-state index is 12.9. The highest BCUT2D eigenvalue weighted by molar-refractivity contribution is 9.10. The van der Waals surface area contributed by atoms with Crippen LogP contribution in [0.5, 0.6) is 0 Å². The van der Waals surface area contributed by atoms with Gasteiger partial charge in [0, 0.05) is 11.8 Å². The molecule has 0 saturated heterocycles. The van der Waals surface area contributed by atoms with Crippen LogP contribution in [0.1, 0.15) is 5.56 Å². The molecule has 3 N–H and O–H groups in total. The van der Waals surface area contributed by atoms with Crippen LogP contribution >= 0.6 is 15.9 Å². The lowest BCUT2D eigenvalue weighted by Crippen LogP contribution is -1.97. The number of nitrogens with two attached hydrogens (primary N) is 1. The standard InChI is InChI=1S/C7H6BrFN2/c8-5-2-1-4(3-10)7(11)6(5)9/h1-3,10H,11H2. The lowest BCUT2D eigenvalue weighted by atomic mass is 10.2. The van der Waals surface area contributed by atoms with Crippen molar-refractivity contribution in [3.05, 3.63) is 28.0 Å². The number of nitrogens with one attached hydrogen (secondary N) is 1. The Balaban J connectivity index is 3.36. The van der Waals surface area contributed by atoms with Crippen LogP contribution in [0.15, 0.2) is 16.6 Å². The van der Waals surface area contributed by atoms with Crippen molar-refractivity contribution in [1.29, 1.82) is 5.41 Å². The van der Waals surface area contributed by atoms with E-state index in [9.17, 15) is 4.39 Å². The summed E-state index contributed by atoms with van der Waals surface area (Å²) < 4.78 is 13.2. The second-order valence-corrected chi connectivity index (χ2v) is 2.86. The molecule has 0 aliphatic rings. The fraction of sp³-hybridized carbons (Fsp3) is 0. The second kappa shape index (κ2) is 3.00. The molecule has 0 aliphatic carbocycles. The van der Waals surface area contributed by atoms with E-state index >= 15 is 0 Å². The minimum absolute atomic E-state index is 0.00868. The monoisotopic (exact) mass is 216 g/mol.